The zero-order valence-corrected chi connectivity index (χ0v) is 13.9. The quantitative estimate of drug-likeness (QED) is 0.826. The van der Waals surface area contributed by atoms with E-state index in [0.717, 1.165) is 5.69 Å². The fraction of sp³-hybridized carbons (Fsp3) is 0.222. The van der Waals surface area contributed by atoms with E-state index < -0.39 is 11.9 Å². The first kappa shape index (κ1) is 17.3. The van der Waals surface area contributed by atoms with E-state index in [4.69, 9.17) is 9.47 Å². The van der Waals surface area contributed by atoms with Gasteiger partial charge < -0.3 is 19.7 Å². The number of carbonyl (C=O) groups is 2. The molecule has 0 aromatic heterocycles. The Morgan fingerprint density at radius 3 is 2.42 bits per heavy atom. The van der Waals surface area contributed by atoms with Crippen LogP contribution in [0.4, 0.5) is 11.4 Å². The first-order valence-corrected chi connectivity index (χ1v) is 7.38. The monoisotopic (exact) mass is 328 g/mol. The molecule has 6 heteroatoms. The number of amides is 1. The highest BCUT2D eigenvalue weighted by Gasteiger charge is 2.11. The van der Waals surface area contributed by atoms with Crippen molar-refractivity contribution in [2.24, 2.45) is 0 Å². The van der Waals surface area contributed by atoms with Crippen molar-refractivity contribution in [3.05, 3.63) is 54.1 Å². The lowest BCUT2D eigenvalue weighted by Crippen LogP contribution is -2.21. The maximum absolute atomic E-state index is 11.9. The van der Waals surface area contributed by atoms with Gasteiger partial charge in [0.05, 0.1) is 12.7 Å². The van der Waals surface area contributed by atoms with Crippen molar-refractivity contribution in [3.63, 3.8) is 0 Å². The number of nitrogens with one attached hydrogen (secondary N) is 1. The number of anilines is 2. The van der Waals surface area contributed by atoms with Crippen molar-refractivity contribution < 1.29 is 19.1 Å². The molecule has 1 N–H and O–H groups in total. The van der Waals surface area contributed by atoms with Crippen molar-refractivity contribution in [1.82, 2.24) is 0 Å². The highest BCUT2D eigenvalue weighted by molar-refractivity contribution is 5.95. The van der Waals surface area contributed by atoms with Crippen molar-refractivity contribution in [3.8, 4) is 5.75 Å². The Labute approximate surface area is 141 Å². The van der Waals surface area contributed by atoms with Crippen LogP contribution in [0.25, 0.3) is 0 Å². The number of carbonyl (C=O) groups excluding carboxylic acids is 2. The molecule has 0 atom stereocenters. The molecule has 0 fully saturated rings. The summed E-state index contributed by atoms with van der Waals surface area (Å²) >= 11 is 0. The van der Waals surface area contributed by atoms with E-state index >= 15 is 0 Å². The number of nitrogens with zero attached hydrogens (tertiary/aromatic N) is 1. The van der Waals surface area contributed by atoms with Crippen LogP contribution in [0.1, 0.15) is 10.4 Å². The summed E-state index contributed by atoms with van der Waals surface area (Å²) in [5, 5.41) is 2.64. The predicted molar refractivity (Wildman–Crippen MR) is 92.7 cm³/mol. The number of rotatable bonds is 6. The molecule has 2 rings (SSSR count). The Hall–Kier alpha value is -3.02. The molecule has 0 unspecified atom stereocenters. The summed E-state index contributed by atoms with van der Waals surface area (Å²) < 4.78 is 10.1. The lowest BCUT2D eigenvalue weighted by Gasteiger charge is -2.12. The number of hydrogen-bond donors (Lipinski definition) is 1. The fourth-order valence-electron chi connectivity index (χ4n) is 2.01. The van der Waals surface area contributed by atoms with Gasteiger partial charge in [-0.1, -0.05) is 6.07 Å². The number of ether oxygens (including phenoxy) is 2. The van der Waals surface area contributed by atoms with Crippen molar-refractivity contribution in [1.29, 1.82) is 0 Å². The van der Waals surface area contributed by atoms with Gasteiger partial charge in [-0.05, 0) is 36.4 Å². The van der Waals surface area contributed by atoms with Crippen LogP contribution in [0.3, 0.4) is 0 Å². The summed E-state index contributed by atoms with van der Waals surface area (Å²) in [4.78, 5) is 25.7. The summed E-state index contributed by atoms with van der Waals surface area (Å²) in [6.45, 7) is -0.356. The second-order valence-corrected chi connectivity index (χ2v) is 5.30. The molecule has 6 nitrogen and oxygen atoms in total. The highest BCUT2D eigenvalue weighted by atomic mass is 16.5. The predicted octanol–water partition coefficient (Wildman–Crippen LogP) is 2.56. The first-order valence-electron chi connectivity index (χ1n) is 7.38. The third-order valence-corrected chi connectivity index (χ3v) is 3.31. The maximum Gasteiger partial charge on any atom is 0.338 e. The third kappa shape index (κ3) is 4.74. The van der Waals surface area contributed by atoms with Gasteiger partial charge in [0.25, 0.3) is 5.91 Å². The molecular weight excluding hydrogens is 308 g/mol. The molecule has 1 amide bonds. The standard InChI is InChI=1S/C18H20N2O4/c1-20(2)15-9-7-13(8-10-15)18(22)24-12-17(21)19-14-5-4-6-16(11-14)23-3/h4-11H,12H2,1-3H3,(H,19,21). The Kier molecular flexibility index (Phi) is 5.78. The second kappa shape index (κ2) is 8.01. The normalized spacial score (nSPS) is 9.96. The van der Waals surface area contributed by atoms with Crippen LogP contribution in [0.15, 0.2) is 48.5 Å². The topological polar surface area (TPSA) is 67.9 Å². The van der Waals surface area contributed by atoms with E-state index in [0.29, 0.717) is 17.0 Å². The molecule has 0 bridgehead atoms. The third-order valence-electron chi connectivity index (χ3n) is 3.31. The number of esters is 1. The zero-order chi connectivity index (χ0) is 17.5. The lowest BCUT2D eigenvalue weighted by molar-refractivity contribution is -0.119. The average Bonchev–Trinajstić information content (AvgIpc) is 2.60. The van der Waals surface area contributed by atoms with Gasteiger partial charge in [-0.25, -0.2) is 4.79 Å². The van der Waals surface area contributed by atoms with Crippen LogP contribution in [0, 0.1) is 0 Å². The van der Waals surface area contributed by atoms with Crippen LogP contribution in [0.2, 0.25) is 0 Å². The van der Waals surface area contributed by atoms with E-state index in [2.05, 4.69) is 5.32 Å². The Morgan fingerprint density at radius 2 is 1.79 bits per heavy atom. The van der Waals surface area contributed by atoms with Gasteiger partial charge in [-0.15, -0.1) is 0 Å². The molecule has 24 heavy (non-hydrogen) atoms. The van der Waals surface area contributed by atoms with E-state index in [1.807, 2.05) is 31.1 Å². The Balaban J connectivity index is 1.87. The molecule has 2 aromatic carbocycles. The maximum atomic E-state index is 11.9. The molecule has 0 saturated carbocycles. The van der Waals surface area contributed by atoms with Gasteiger partial charge in [-0.2, -0.15) is 0 Å². The minimum atomic E-state index is -0.541. The van der Waals surface area contributed by atoms with E-state index in [9.17, 15) is 9.59 Å². The summed E-state index contributed by atoms with van der Waals surface area (Å²) in [5.41, 5.74) is 1.95. The Morgan fingerprint density at radius 1 is 1.08 bits per heavy atom. The SMILES string of the molecule is COc1cccc(NC(=O)COC(=O)c2ccc(N(C)C)cc2)c1. The summed E-state index contributed by atoms with van der Waals surface area (Å²) in [7, 11) is 5.37. The highest BCUT2D eigenvalue weighted by Crippen LogP contribution is 2.16. The van der Waals surface area contributed by atoms with E-state index in [-0.39, 0.29) is 6.61 Å². The summed E-state index contributed by atoms with van der Waals surface area (Å²) in [6, 6.07) is 13.9. The molecule has 126 valence electrons. The fourth-order valence-corrected chi connectivity index (χ4v) is 2.01. The van der Waals surface area contributed by atoms with Crippen molar-refractivity contribution in [2.75, 3.05) is 38.0 Å². The molecular formula is C18H20N2O4. The van der Waals surface area contributed by atoms with Gasteiger partial charge in [0.15, 0.2) is 6.61 Å². The van der Waals surface area contributed by atoms with Gasteiger partial charge in [0, 0.05) is 31.5 Å². The summed E-state index contributed by atoms with van der Waals surface area (Å²) in [5.74, 6) is -0.326. The number of methoxy groups -OCH3 is 1. The second-order valence-electron chi connectivity index (χ2n) is 5.30. The molecule has 0 radical (unpaired) electrons. The van der Waals surface area contributed by atoms with Crippen molar-refractivity contribution in [2.45, 2.75) is 0 Å². The van der Waals surface area contributed by atoms with Gasteiger partial charge in [0.1, 0.15) is 5.75 Å². The smallest absolute Gasteiger partial charge is 0.338 e. The Bertz CT molecular complexity index is 711. The number of hydrogen-bond acceptors (Lipinski definition) is 5. The van der Waals surface area contributed by atoms with Crippen LogP contribution in [-0.2, 0) is 9.53 Å². The largest absolute Gasteiger partial charge is 0.497 e. The van der Waals surface area contributed by atoms with Crippen LogP contribution in [-0.4, -0.2) is 39.7 Å². The van der Waals surface area contributed by atoms with Gasteiger partial charge in [0.2, 0.25) is 0 Å². The molecule has 0 aliphatic heterocycles. The average molecular weight is 328 g/mol. The van der Waals surface area contributed by atoms with Gasteiger partial charge >= 0.3 is 5.97 Å². The molecule has 0 heterocycles. The first-order chi connectivity index (χ1) is 11.5. The zero-order valence-electron chi connectivity index (χ0n) is 13.9. The number of benzene rings is 2. The molecule has 0 aliphatic rings. The van der Waals surface area contributed by atoms with Crippen LogP contribution in [0.5, 0.6) is 5.75 Å². The minimum Gasteiger partial charge on any atom is -0.497 e. The van der Waals surface area contributed by atoms with E-state index in [1.54, 1.807) is 43.5 Å². The minimum absolute atomic E-state index is 0.356. The molecule has 2 aromatic rings. The van der Waals surface area contributed by atoms with Gasteiger partial charge in [-0.3, -0.25) is 4.79 Å². The molecule has 0 spiro atoms. The van der Waals surface area contributed by atoms with E-state index in [1.165, 1.54) is 0 Å². The van der Waals surface area contributed by atoms with Crippen LogP contribution >= 0.6 is 0 Å². The molecule has 0 aliphatic carbocycles. The summed E-state index contributed by atoms with van der Waals surface area (Å²) in [6.07, 6.45) is 0. The molecule has 0 saturated heterocycles. The lowest BCUT2D eigenvalue weighted by atomic mass is 10.2. The van der Waals surface area contributed by atoms with Crippen molar-refractivity contribution >= 4 is 23.3 Å². The van der Waals surface area contributed by atoms with Crippen LogP contribution < -0.4 is 15.0 Å².